The Bertz CT molecular complexity index is 912. The van der Waals surface area contributed by atoms with E-state index in [1.165, 1.54) is 0 Å². The van der Waals surface area contributed by atoms with Gasteiger partial charge in [0.1, 0.15) is 11.9 Å². The summed E-state index contributed by atoms with van der Waals surface area (Å²) < 4.78 is 6.06. The molecule has 4 atom stereocenters. The van der Waals surface area contributed by atoms with Crippen LogP contribution in [-0.4, -0.2) is 42.7 Å². The van der Waals surface area contributed by atoms with E-state index < -0.39 is 0 Å². The third-order valence-corrected chi connectivity index (χ3v) is 5.59. The molecule has 4 rings (SSSR count). The van der Waals surface area contributed by atoms with Crippen molar-refractivity contribution in [3.63, 3.8) is 0 Å². The van der Waals surface area contributed by atoms with Gasteiger partial charge in [-0.15, -0.1) is 0 Å². The Morgan fingerprint density at radius 2 is 1.93 bits per heavy atom. The van der Waals surface area contributed by atoms with E-state index in [1.54, 1.807) is 13.1 Å². The number of rotatable bonds is 5. The van der Waals surface area contributed by atoms with E-state index in [-0.39, 0.29) is 42.4 Å². The normalized spacial score (nSPS) is 24.8. The van der Waals surface area contributed by atoms with E-state index >= 15 is 0 Å². The zero-order valence-corrected chi connectivity index (χ0v) is 15.9. The number of hydrogen-bond acceptors (Lipinski definition) is 4. The summed E-state index contributed by atoms with van der Waals surface area (Å²) in [5.74, 6) is 0.0827. The minimum absolute atomic E-state index is 0.00528. The van der Waals surface area contributed by atoms with Crippen molar-refractivity contribution in [2.75, 3.05) is 13.7 Å². The van der Waals surface area contributed by atoms with Crippen molar-refractivity contribution < 1.29 is 19.4 Å². The first-order chi connectivity index (χ1) is 13.5. The molecule has 0 spiro atoms. The first-order valence-corrected chi connectivity index (χ1v) is 9.56. The minimum atomic E-state index is -0.286. The van der Waals surface area contributed by atoms with Crippen molar-refractivity contribution in [3.05, 3.63) is 64.7 Å². The van der Waals surface area contributed by atoms with E-state index in [1.807, 2.05) is 43.3 Å². The molecule has 2 amide bonds. The topological polar surface area (TPSA) is 87.7 Å². The summed E-state index contributed by atoms with van der Waals surface area (Å²) in [6.45, 7) is 2.04. The minimum Gasteiger partial charge on any atom is -0.489 e. The summed E-state index contributed by atoms with van der Waals surface area (Å²) in [7, 11) is 1.56. The SMILES string of the molecule is CNC(=O)c1cc(C(=O)N[C@H]2C[C@@H]2CO)cc2c1O[C@@H](C)[C@@H]2c1ccccc1. The number of carbonyl (C=O) groups is 2. The monoisotopic (exact) mass is 380 g/mol. The molecule has 146 valence electrons. The number of fused-ring (bicyclic) bond motifs is 1. The van der Waals surface area contributed by atoms with Crippen LogP contribution in [0.25, 0.3) is 0 Å². The van der Waals surface area contributed by atoms with Gasteiger partial charge in [-0.3, -0.25) is 9.59 Å². The molecule has 28 heavy (non-hydrogen) atoms. The highest BCUT2D eigenvalue weighted by Crippen LogP contribution is 2.45. The Labute approximate surface area is 163 Å². The summed E-state index contributed by atoms with van der Waals surface area (Å²) in [4.78, 5) is 25.3. The average molecular weight is 380 g/mol. The van der Waals surface area contributed by atoms with Crippen molar-refractivity contribution in [3.8, 4) is 5.75 Å². The van der Waals surface area contributed by atoms with Gasteiger partial charge in [-0.25, -0.2) is 0 Å². The Morgan fingerprint density at radius 1 is 1.18 bits per heavy atom. The van der Waals surface area contributed by atoms with Crippen LogP contribution in [0.15, 0.2) is 42.5 Å². The second-order valence-corrected chi connectivity index (χ2v) is 7.49. The molecule has 6 heteroatoms. The van der Waals surface area contributed by atoms with Crippen molar-refractivity contribution in [2.45, 2.75) is 31.4 Å². The largest absolute Gasteiger partial charge is 0.489 e. The number of carbonyl (C=O) groups excluding carboxylic acids is 2. The standard InChI is InChI=1S/C22H24N2O4/c1-12-19(13-6-4-3-5-7-13)16-8-14(21(26)24-18-10-15(18)11-25)9-17(20(16)28-12)22(27)23-2/h3-9,12,15,18-19,25H,10-11H2,1-2H3,(H,23,27)(H,24,26)/t12-,15+,18-,19+/m0/s1. The highest BCUT2D eigenvalue weighted by molar-refractivity contribution is 6.02. The van der Waals surface area contributed by atoms with Crippen molar-refractivity contribution in [2.24, 2.45) is 5.92 Å². The zero-order chi connectivity index (χ0) is 19.8. The molecule has 1 aliphatic carbocycles. The molecule has 0 radical (unpaired) electrons. The third kappa shape index (κ3) is 3.24. The van der Waals surface area contributed by atoms with Crippen LogP contribution >= 0.6 is 0 Å². The molecule has 0 aromatic heterocycles. The number of aliphatic hydroxyl groups is 1. The highest BCUT2D eigenvalue weighted by atomic mass is 16.5. The Balaban J connectivity index is 1.75. The summed E-state index contributed by atoms with van der Waals surface area (Å²) in [6, 6.07) is 13.4. The summed E-state index contributed by atoms with van der Waals surface area (Å²) in [5, 5.41) is 14.8. The maximum Gasteiger partial charge on any atom is 0.254 e. The van der Waals surface area contributed by atoms with E-state index in [9.17, 15) is 14.7 Å². The van der Waals surface area contributed by atoms with Gasteiger partial charge >= 0.3 is 0 Å². The van der Waals surface area contributed by atoms with Gasteiger partial charge in [0.25, 0.3) is 11.8 Å². The van der Waals surface area contributed by atoms with Crippen LogP contribution in [-0.2, 0) is 0 Å². The molecular formula is C22H24N2O4. The highest BCUT2D eigenvalue weighted by Gasteiger charge is 2.39. The van der Waals surface area contributed by atoms with Gasteiger partial charge in [-0.1, -0.05) is 30.3 Å². The lowest BCUT2D eigenvalue weighted by Gasteiger charge is -2.15. The van der Waals surface area contributed by atoms with E-state index in [4.69, 9.17) is 4.74 Å². The van der Waals surface area contributed by atoms with Gasteiger partial charge in [-0.2, -0.15) is 0 Å². The van der Waals surface area contributed by atoms with E-state index in [0.717, 1.165) is 17.5 Å². The first kappa shape index (κ1) is 18.5. The fraction of sp³-hybridized carbons (Fsp3) is 0.364. The van der Waals surface area contributed by atoms with Crippen LogP contribution in [0.1, 0.15) is 51.1 Å². The Kier molecular flexibility index (Phi) is 4.81. The molecular weight excluding hydrogens is 356 g/mol. The fourth-order valence-electron chi connectivity index (χ4n) is 3.94. The average Bonchev–Trinajstić information content (AvgIpc) is 3.38. The van der Waals surface area contributed by atoms with Crippen molar-refractivity contribution in [1.29, 1.82) is 0 Å². The number of nitrogens with one attached hydrogen (secondary N) is 2. The summed E-state index contributed by atoms with van der Waals surface area (Å²) in [5.41, 5.74) is 2.72. The van der Waals surface area contributed by atoms with Crippen LogP contribution in [0.3, 0.4) is 0 Å². The quantitative estimate of drug-likeness (QED) is 0.741. The van der Waals surface area contributed by atoms with Crippen LogP contribution in [0, 0.1) is 5.92 Å². The number of ether oxygens (including phenoxy) is 1. The molecule has 1 fully saturated rings. The number of amides is 2. The van der Waals surface area contributed by atoms with E-state index in [2.05, 4.69) is 10.6 Å². The molecule has 1 saturated carbocycles. The third-order valence-electron chi connectivity index (χ3n) is 5.59. The molecule has 0 unspecified atom stereocenters. The van der Waals surface area contributed by atoms with Gasteiger partial charge < -0.3 is 20.5 Å². The number of aliphatic hydroxyl groups excluding tert-OH is 1. The lowest BCUT2D eigenvalue weighted by atomic mass is 9.87. The predicted molar refractivity (Wildman–Crippen MR) is 105 cm³/mol. The van der Waals surface area contributed by atoms with Crippen molar-refractivity contribution >= 4 is 11.8 Å². The molecule has 3 N–H and O–H groups in total. The predicted octanol–water partition coefficient (Wildman–Crippen LogP) is 2.07. The molecule has 2 aromatic carbocycles. The van der Waals surface area contributed by atoms with Gasteiger partial charge in [0.15, 0.2) is 0 Å². The molecule has 2 aliphatic rings. The smallest absolute Gasteiger partial charge is 0.254 e. The van der Waals surface area contributed by atoms with Gasteiger partial charge in [-0.05, 0) is 31.0 Å². The van der Waals surface area contributed by atoms with Gasteiger partial charge in [0.05, 0.1) is 5.56 Å². The maximum atomic E-state index is 12.8. The van der Waals surface area contributed by atoms with Gasteiger partial charge in [0.2, 0.25) is 0 Å². The zero-order valence-electron chi connectivity index (χ0n) is 15.9. The summed E-state index contributed by atoms with van der Waals surface area (Å²) in [6.07, 6.45) is 0.628. The van der Waals surface area contributed by atoms with Gasteiger partial charge in [0, 0.05) is 42.7 Å². The second-order valence-electron chi connectivity index (χ2n) is 7.49. The van der Waals surface area contributed by atoms with Crippen LogP contribution < -0.4 is 15.4 Å². The lowest BCUT2D eigenvalue weighted by Crippen LogP contribution is -2.28. The molecule has 6 nitrogen and oxygen atoms in total. The molecule has 1 heterocycles. The second kappa shape index (κ2) is 7.28. The summed E-state index contributed by atoms with van der Waals surface area (Å²) >= 11 is 0. The lowest BCUT2D eigenvalue weighted by molar-refractivity contribution is 0.0947. The fourth-order valence-corrected chi connectivity index (χ4v) is 3.94. The van der Waals surface area contributed by atoms with E-state index in [0.29, 0.717) is 16.9 Å². The maximum absolute atomic E-state index is 12.8. The van der Waals surface area contributed by atoms with Crippen molar-refractivity contribution in [1.82, 2.24) is 10.6 Å². The Morgan fingerprint density at radius 3 is 2.57 bits per heavy atom. The van der Waals surface area contributed by atoms with Crippen LogP contribution in [0.2, 0.25) is 0 Å². The molecule has 0 bridgehead atoms. The Hall–Kier alpha value is -2.86. The number of benzene rings is 2. The van der Waals surface area contributed by atoms with Crippen LogP contribution in [0.4, 0.5) is 0 Å². The first-order valence-electron chi connectivity index (χ1n) is 9.56. The molecule has 0 saturated heterocycles. The molecule has 1 aliphatic heterocycles. The molecule has 2 aromatic rings. The van der Waals surface area contributed by atoms with Crippen LogP contribution in [0.5, 0.6) is 5.75 Å². The number of hydrogen-bond donors (Lipinski definition) is 3.